The van der Waals surface area contributed by atoms with Gasteiger partial charge in [0, 0.05) is 50.7 Å². The predicted octanol–water partition coefficient (Wildman–Crippen LogP) is 3.10. The van der Waals surface area contributed by atoms with E-state index in [0.717, 1.165) is 42.5 Å². The molecule has 2 heterocycles. The van der Waals surface area contributed by atoms with Crippen molar-refractivity contribution in [1.82, 2.24) is 20.0 Å². The number of nitrogens with zero attached hydrogens (tertiary/aromatic N) is 4. The Balaban J connectivity index is 1.30. The zero-order valence-corrected chi connectivity index (χ0v) is 19.1. The number of benzene rings is 2. The van der Waals surface area contributed by atoms with E-state index in [1.54, 1.807) is 30.3 Å². The number of hydrogen-bond acceptors (Lipinski definition) is 4. The van der Waals surface area contributed by atoms with Crippen LogP contribution in [-0.4, -0.2) is 53.8 Å². The summed E-state index contributed by atoms with van der Waals surface area (Å²) in [6, 6.07) is 18.0. The molecule has 1 unspecified atom stereocenters. The highest BCUT2D eigenvalue weighted by Crippen LogP contribution is 2.28. The van der Waals surface area contributed by atoms with Gasteiger partial charge in [-0.15, -0.1) is 0 Å². The van der Waals surface area contributed by atoms with Gasteiger partial charge in [0.25, 0.3) is 0 Å². The van der Waals surface area contributed by atoms with Gasteiger partial charge >= 0.3 is 0 Å². The summed E-state index contributed by atoms with van der Waals surface area (Å²) in [4.78, 5) is 19.0. The zero-order valence-electron chi connectivity index (χ0n) is 19.1. The number of likely N-dealkylation sites (tertiary alicyclic amines) is 1. The zero-order chi connectivity index (χ0) is 23.0. The van der Waals surface area contributed by atoms with Crippen LogP contribution in [0, 0.1) is 0 Å². The molecule has 1 aliphatic heterocycles. The average Bonchev–Trinajstić information content (AvgIpc) is 3.52. The molecule has 0 saturated carbocycles. The molecule has 1 fully saturated rings. The number of ether oxygens (including phenoxy) is 1. The Morgan fingerprint density at radius 2 is 2.06 bits per heavy atom. The first-order valence-electron chi connectivity index (χ1n) is 11.1. The molecule has 0 spiro atoms. The summed E-state index contributed by atoms with van der Waals surface area (Å²) < 4.78 is 6.87. The fourth-order valence-electron chi connectivity index (χ4n) is 4.11. The number of aliphatic imine (C=N–C) groups is 1. The van der Waals surface area contributed by atoms with Crippen molar-refractivity contribution in [1.29, 1.82) is 0 Å². The normalized spacial score (nSPS) is 16.0. The van der Waals surface area contributed by atoms with E-state index in [4.69, 9.17) is 4.74 Å². The highest BCUT2D eigenvalue weighted by atomic mass is 16.5. The lowest BCUT2D eigenvalue weighted by Crippen LogP contribution is -2.39. The van der Waals surface area contributed by atoms with Gasteiger partial charge in [-0.25, -0.2) is 0 Å². The van der Waals surface area contributed by atoms with E-state index in [0.29, 0.717) is 12.5 Å². The molecule has 3 aromatic rings. The molecule has 1 atom stereocenters. The number of carbonyl (C=O) groups excluding carboxylic acids is 1. The first kappa shape index (κ1) is 22.4. The summed E-state index contributed by atoms with van der Waals surface area (Å²) in [7, 11) is 3.50. The molecule has 4 rings (SSSR count). The third-order valence-corrected chi connectivity index (χ3v) is 5.81. The van der Waals surface area contributed by atoms with Crippen molar-refractivity contribution >= 4 is 17.6 Å². The number of nitrogens with one attached hydrogen (secondary N) is 2. The Bertz CT molecular complexity index is 1080. The monoisotopic (exact) mass is 446 g/mol. The topological polar surface area (TPSA) is 83.8 Å². The van der Waals surface area contributed by atoms with E-state index in [1.165, 1.54) is 5.56 Å². The number of methoxy groups -OCH3 is 1. The molecule has 0 bridgehead atoms. The van der Waals surface area contributed by atoms with Gasteiger partial charge in [-0.05, 0) is 47.9 Å². The number of aromatic nitrogens is 2. The van der Waals surface area contributed by atoms with E-state index in [1.807, 2.05) is 43.4 Å². The minimum atomic E-state index is -0.110. The number of hydrogen-bond donors (Lipinski definition) is 2. The molecular formula is C25H30N6O2. The molecule has 1 saturated heterocycles. The minimum Gasteiger partial charge on any atom is -0.497 e. The molecule has 1 amide bonds. The van der Waals surface area contributed by atoms with Gasteiger partial charge in [-0.2, -0.15) is 5.10 Å². The third kappa shape index (κ3) is 5.91. The molecule has 1 aromatic heterocycles. The summed E-state index contributed by atoms with van der Waals surface area (Å²) >= 11 is 0. The maximum absolute atomic E-state index is 12.2. The lowest BCUT2D eigenvalue weighted by molar-refractivity contribution is -0.116. The molecule has 2 N–H and O–H groups in total. The molecule has 8 heteroatoms. The standard InChI is InChI=1S/C25H30N6O2/c1-26-25(30-14-11-21(17-30)20-7-9-23(33-2)10-8-20)27-16-19-5-3-6-22(15-19)29-24(32)18-31-13-4-12-28-31/h3-10,12-13,15,21H,11,14,16-18H2,1-2H3,(H,26,27)(H,29,32). The Kier molecular flexibility index (Phi) is 7.24. The van der Waals surface area contributed by atoms with Crippen LogP contribution < -0.4 is 15.4 Å². The lowest BCUT2D eigenvalue weighted by atomic mass is 9.98. The fourth-order valence-corrected chi connectivity index (χ4v) is 4.11. The smallest absolute Gasteiger partial charge is 0.246 e. The van der Waals surface area contributed by atoms with Gasteiger partial charge in [0.2, 0.25) is 5.91 Å². The highest BCUT2D eigenvalue weighted by molar-refractivity contribution is 5.90. The van der Waals surface area contributed by atoms with Gasteiger partial charge in [0.1, 0.15) is 12.3 Å². The predicted molar refractivity (Wildman–Crippen MR) is 129 cm³/mol. The van der Waals surface area contributed by atoms with Crippen molar-refractivity contribution in [2.24, 2.45) is 4.99 Å². The third-order valence-electron chi connectivity index (χ3n) is 5.81. The molecule has 1 aliphatic rings. The van der Waals surface area contributed by atoms with Crippen molar-refractivity contribution in [2.75, 3.05) is 32.6 Å². The second kappa shape index (κ2) is 10.7. The number of guanidine groups is 1. The summed E-state index contributed by atoms with van der Waals surface area (Å²) in [6.45, 7) is 2.70. The van der Waals surface area contributed by atoms with Gasteiger partial charge in [0.15, 0.2) is 5.96 Å². The molecule has 8 nitrogen and oxygen atoms in total. The van der Waals surface area contributed by atoms with Crippen LogP contribution >= 0.6 is 0 Å². The van der Waals surface area contributed by atoms with Gasteiger partial charge in [-0.3, -0.25) is 14.5 Å². The Morgan fingerprint density at radius 1 is 1.21 bits per heavy atom. The van der Waals surface area contributed by atoms with Crippen LogP contribution in [0.15, 0.2) is 72.0 Å². The summed E-state index contributed by atoms with van der Waals surface area (Å²) in [6.07, 6.45) is 4.51. The van der Waals surface area contributed by atoms with E-state index < -0.39 is 0 Å². The first-order chi connectivity index (χ1) is 16.1. The summed E-state index contributed by atoms with van der Waals surface area (Å²) in [5, 5.41) is 10.5. The Morgan fingerprint density at radius 3 is 2.79 bits per heavy atom. The van der Waals surface area contributed by atoms with Crippen molar-refractivity contribution in [3.05, 3.63) is 78.1 Å². The van der Waals surface area contributed by atoms with Gasteiger partial charge in [0.05, 0.1) is 7.11 Å². The molecule has 0 aliphatic carbocycles. The summed E-state index contributed by atoms with van der Waals surface area (Å²) in [5.74, 6) is 2.13. The second-order valence-electron chi connectivity index (χ2n) is 8.06. The number of carbonyl (C=O) groups is 1. The lowest BCUT2D eigenvalue weighted by Gasteiger charge is -2.22. The van der Waals surface area contributed by atoms with Gasteiger partial charge < -0.3 is 20.3 Å². The van der Waals surface area contributed by atoms with Crippen LogP contribution in [-0.2, 0) is 17.9 Å². The molecule has 33 heavy (non-hydrogen) atoms. The van der Waals surface area contributed by atoms with Crippen molar-refractivity contribution in [2.45, 2.75) is 25.4 Å². The molecule has 172 valence electrons. The number of rotatable bonds is 7. The summed E-state index contributed by atoms with van der Waals surface area (Å²) in [5.41, 5.74) is 3.16. The van der Waals surface area contributed by atoms with Crippen molar-refractivity contribution < 1.29 is 9.53 Å². The second-order valence-corrected chi connectivity index (χ2v) is 8.06. The van der Waals surface area contributed by atoms with E-state index >= 15 is 0 Å². The van der Waals surface area contributed by atoms with Crippen molar-refractivity contribution in [3.63, 3.8) is 0 Å². The van der Waals surface area contributed by atoms with E-state index in [9.17, 15) is 4.79 Å². The SMILES string of the molecule is CN=C(NCc1cccc(NC(=O)Cn2cccn2)c1)N1CCC(c2ccc(OC)cc2)C1. The highest BCUT2D eigenvalue weighted by Gasteiger charge is 2.26. The van der Waals surface area contributed by atoms with Crippen LogP contribution in [0.3, 0.4) is 0 Å². The first-order valence-corrected chi connectivity index (χ1v) is 11.1. The number of anilines is 1. The maximum Gasteiger partial charge on any atom is 0.246 e. The average molecular weight is 447 g/mol. The van der Waals surface area contributed by atoms with Crippen molar-refractivity contribution in [3.8, 4) is 5.75 Å². The number of amides is 1. The van der Waals surface area contributed by atoms with Crippen LogP contribution in [0.5, 0.6) is 5.75 Å². The quantitative estimate of drug-likeness (QED) is 0.430. The van der Waals surface area contributed by atoms with E-state index in [2.05, 4.69) is 37.8 Å². The fraction of sp³-hybridized carbons (Fsp3) is 0.320. The van der Waals surface area contributed by atoms with E-state index in [-0.39, 0.29) is 12.5 Å². The largest absolute Gasteiger partial charge is 0.497 e. The van der Waals surface area contributed by atoms with Crippen LogP contribution in [0.25, 0.3) is 0 Å². The minimum absolute atomic E-state index is 0.110. The molecular weight excluding hydrogens is 416 g/mol. The van der Waals surface area contributed by atoms with Gasteiger partial charge in [-0.1, -0.05) is 24.3 Å². The Hall–Kier alpha value is -3.81. The molecule has 0 radical (unpaired) electrons. The Labute approximate surface area is 194 Å². The van der Waals surface area contributed by atoms with Crippen LogP contribution in [0.4, 0.5) is 5.69 Å². The maximum atomic E-state index is 12.2. The van der Waals surface area contributed by atoms with Crippen LogP contribution in [0.2, 0.25) is 0 Å². The molecule has 2 aromatic carbocycles. The van der Waals surface area contributed by atoms with Crippen LogP contribution in [0.1, 0.15) is 23.5 Å².